The predicted molar refractivity (Wildman–Crippen MR) is 165 cm³/mol. The quantitative estimate of drug-likeness (QED) is 0.211. The molecule has 2 heterocycles. The third-order valence-electron chi connectivity index (χ3n) is 7.21. The lowest BCUT2D eigenvalue weighted by Crippen LogP contribution is -2.37. The van der Waals surface area contributed by atoms with E-state index in [9.17, 15) is 23.1 Å². The molecule has 1 aliphatic heterocycles. The number of ether oxygens (including phenoxy) is 3. The summed E-state index contributed by atoms with van der Waals surface area (Å²) in [7, 11) is -2.61. The first-order chi connectivity index (χ1) is 21.4. The van der Waals surface area contributed by atoms with E-state index < -0.39 is 27.9 Å². The number of amides is 2. The summed E-state index contributed by atoms with van der Waals surface area (Å²) in [5, 5.41) is 12.3. The van der Waals surface area contributed by atoms with Crippen LogP contribution in [0.15, 0.2) is 71.8 Å². The maximum absolute atomic E-state index is 13.7. The molecule has 13 heteroatoms. The van der Waals surface area contributed by atoms with Crippen LogP contribution in [0.5, 0.6) is 23.1 Å². The zero-order valence-corrected chi connectivity index (χ0v) is 26.1. The fraction of sp³-hybridized carbons (Fsp3) is 0.281. The average Bonchev–Trinajstić information content (AvgIpc) is 3.60. The maximum Gasteiger partial charge on any atom is 0.279 e. The molecule has 45 heavy (non-hydrogen) atoms. The molecule has 1 aliphatic rings. The summed E-state index contributed by atoms with van der Waals surface area (Å²) in [4.78, 5) is 30.5. The van der Waals surface area contributed by atoms with E-state index in [0.717, 1.165) is 5.56 Å². The van der Waals surface area contributed by atoms with Crippen LogP contribution < -0.4 is 24.2 Å². The number of carbonyl (C=O) groups excluding carboxylic acids is 2. The summed E-state index contributed by atoms with van der Waals surface area (Å²) in [6.07, 6.45) is 1.14. The number of carbonyl (C=O) groups is 2. The molecule has 0 bridgehead atoms. The van der Waals surface area contributed by atoms with Gasteiger partial charge in [0.2, 0.25) is 24.7 Å². The molecule has 0 radical (unpaired) electrons. The van der Waals surface area contributed by atoms with Gasteiger partial charge in [-0.2, -0.15) is 4.98 Å². The molecule has 1 aromatic heterocycles. The number of imidazole rings is 1. The number of aromatic hydroxyl groups is 1. The molecule has 1 unspecified atom stereocenters. The van der Waals surface area contributed by atoms with Crippen molar-refractivity contribution in [1.29, 1.82) is 0 Å². The van der Waals surface area contributed by atoms with Gasteiger partial charge in [0, 0.05) is 18.2 Å². The number of benzene rings is 3. The van der Waals surface area contributed by atoms with Crippen molar-refractivity contribution >= 4 is 27.8 Å². The highest BCUT2D eigenvalue weighted by Crippen LogP contribution is 2.36. The number of sulfonamides is 1. The zero-order valence-electron chi connectivity index (χ0n) is 25.2. The van der Waals surface area contributed by atoms with Gasteiger partial charge in [-0.25, -0.2) is 13.1 Å². The molecule has 2 amide bonds. The minimum Gasteiger partial charge on any atom is -0.492 e. The van der Waals surface area contributed by atoms with Crippen molar-refractivity contribution in [3.63, 3.8) is 0 Å². The Morgan fingerprint density at radius 1 is 1.02 bits per heavy atom. The third kappa shape index (κ3) is 7.04. The number of fused-ring (bicyclic) bond motifs is 1. The molecule has 1 atom stereocenters. The number of anilines is 1. The molecule has 0 aliphatic carbocycles. The Labute approximate surface area is 261 Å². The van der Waals surface area contributed by atoms with Crippen molar-refractivity contribution in [3.8, 4) is 23.1 Å². The second kappa shape index (κ2) is 12.9. The molecule has 3 N–H and O–H groups in total. The molecule has 0 spiro atoms. The van der Waals surface area contributed by atoms with Gasteiger partial charge in [-0.15, -0.1) is 0 Å². The second-order valence-corrected chi connectivity index (χ2v) is 12.5. The van der Waals surface area contributed by atoms with E-state index in [-0.39, 0.29) is 29.4 Å². The molecule has 236 valence electrons. The third-order valence-corrected chi connectivity index (χ3v) is 8.57. The average molecular weight is 635 g/mol. The van der Waals surface area contributed by atoms with Crippen molar-refractivity contribution in [2.75, 3.05) is 12.1 Å². The van der Waals surface area contributed by atoms with Crippen LogP contribution in [0.4, 0.5) is 5.95 Å². The molecule has 4 aromatic rings. The minimum absolute atomic E-state index is 0.0132. The molecule has 0 saturated heterocycles. The van der Waals surface area contributed by atoms with Gasteiger partial charge in [0.1, 0.15) is 5.75 Å². The van der Waals surface area contributed by atoms with E-state index in [1.807, 2.05) is 20.8 Å². The minimum atomic E-state index is -4.24. The highest BCUT2D eigenvalue weighted by atomic mass is 32.2. The summed E-state index contributed by atoms with van der Waals surface area (Å²) in [6, 6.07) is 15.8. The summed E-state index contributed by atoms with van der Waals surface area (Å²) in [6.45, 7) is 5.96. The van der Waals surface area contributed by atoms with Crippen molar-refractivity contribution in [3.05, 3.63) is 89.1 Å². The number of nitrogens with zero attached hydrogens (tertiary/aromatic N) is 2. The molecule has 12 nitrogen and oxygen atoms in total. The van der Waals surface area contributed by atoms with Gasteiger partial charge in [0.15, 0.2) is 11.5 Å². The Hall–Kier alpha value is -5.04. The number of nitrogens with one attached hydrogen (secondary N) is 2. The predicted octanol–water partition coefficient (Wildman–Crippen LogP) is 4.81. The highest BCUT2D eigenvalue weighted by molar-refractivity contribution is 7.90. The van der Waals surface area contributed by atoms with E-state index in [1.165, 1.54) is 29.0 Å². The van der Waals surface area contributed by atoms with Gasteiger partial charge in [-0.1, -0.05) is 45.4 Å². The summed E-state index contributed by atoms with van der Waals surface area (Å²) in [5.41, 5.74) is 2.21. The van der Waals surface area contributed by atoms with Crippen molar-refractivity contribution in [1.82, 2.24) is 14.3 Å². The smallest absolute Gasteiger partial charge is 0.279 e. The van der Waals surface area contributed by atoms with Gasteiger partial charge < -0.3 is 23.9 Å². The van der Waals surface area contributed by atoms with E-state index in [1.54, 1.807) is 49.5 Å². The van der Waals surface area contributed by atoms with Gasteiger partial charge in [0.05, 0.1) is 11.1 Å². The fourth-order valence-corrected chi connectivity index (χ4v) is 5.78. The lowest BCUT2D eigenvalue weighted by atomic mass is 10.0. The Morgan fingerprint density at radius 3 is 2.40 bits per heavy atom. The topological polar surface area (TPSA) is 158 Å². The van der Waals surface area contributed by atoms with Crippen molar-refractivity contribution < 1.29 is 37.3 Å². The van der Waals surface area contributed by atoms with Crippen LogP contribution in [0.25, 0.3) is 0 Å². The lowest BCUT2D eigenvalue weighted by molar-refractivity contribution is -0.126. The molecule has 0 saturated carbocycles. The molecule has 5 rings (SSSR count). The fourth-order valence-electron chi connectivity index (χ4n) is 4.79. The molecule has 0 fully saturated rings. The summed E-state index contributed by atoms with van der Waals surface area (Å²) < 4.78 is 47.3. The Morgan fingerprint density at radius 2 is 1.73 bits per heavy atom. The first-order valence-electron chi connectivity index (χ1n) is 14.3. The number of hydrogen-bond acceptors (Lipinski definition) is 9. The standard InChI is InChI=1S/C32H34N4O8S/c1-5-6-21-15-23(30(38)34-32-33-28(37)17-36(32)4)10-13-25(21)44-29(22-9-14-26-27(16-22)43-18-42-26)31(39)35-45(40,41)24-11-7-20(8-12-24)19(2)3/h7-17,19,29,37H,5-6,18H2,1-4H3,(H,35,39)(H,33,34,38). The van der Waals surface area contributed by atoms with Crippen LogP contribution in [0, 0.1) is 0 Å². The van der Waals surface area contributed by atoms with Crippen LogP contribution in [-0.4, -0.2) is 41.7 Å². The monoisotopic (exact) mass is 634 g/mol. The van der Waals surface area contributed by atoms with Crippen molar-refractivity contribution in [2.24, 2.45) is 7.05 Å². The number of rotatable bonds is 11. The summed E-state index contributed by atoms with van der Waals surface area (Å²) in [5.74, 6) is -0.0772. The largest absolute Gasteiger partial charge is 0.492 e. The van der Waals surface area contributed by atoms with E-state index in [4.69, 9.17) is 14.2 Å². The van der Waals surface area contributed by atoms with Gasteiger partial charge in [-0.3, -0.25) is 14.9 Å². The second-order valence-electron chi connectivity index (χ2n) is 10.9. The first kappa shape index (κ1) is 31.4. The zero-order chi connectivity index (χ0) is 32.3. The highest BCUT2D eigenvalue weighted by Gasteiger charge is 2.30. The number of aryl methyl sites for hydroxylation is 2. The Balaban J connectivity index is 1.45. The maximum atomic E-state index is 13.7. The molecular formula is C32H34N4O8S. The van der Waals surface area contributed by atoms with E-state index >= 15 is 0 Å². The van der Waals surface area contributed by atoms with E-state index in [2.05, 4.69) is 15.0 Å². The molecular weight excluding hydrogens is 600 g/mol. The normalized spacial score (nSPS) is 13.0. The van der Waals surface area contributed by atoms with Gasteiger partial charge in [-0.05, 0) is 65.9 Å². The SMILES string of the molecule is CCCc1cc(C(=O)Nc2nc(O)cn2C)ccc1OC(C(=O)NS(=O)(=O)c1ccc(C(C)C)cc1)c1ccc2c(c1)OCO2. The van der Waals surface area contributed by atoms with Crippen LogP contribution in [-0.2, 0) is 28.3 Å². The van der Waals surface area contributed by atoms with Crippen LogP contribution in [0.2, 0.25) is 0 Å². The number of aromatic nitrogens is 2. The Bertz CT molecular complexity index is 1830. The Kier molecular flexibility index (Phi) is 9.00. The van der Waals surface area contributed by atoms with Gasteiger partial charge in [0.25, 0.3) is 21.8 Å². The number of hydrogen-bond donors (Lipinski definition) is 3. The first-order valence-corrected chi connectivity index (χ1v) is 15.8. The molecule has 3 aromatic carbocycles. The van der Waals surface area contributed by atoms with Crippen LogP contribution >= 0.6 is 0 Å². The van der Waals surface area contributed by atoms with Gasteiger partial charge >= 0.3 is 0 Å². The summed E-state index contributed by atoms with van der Waals surface area (Å²) >= 11 is 0. The van der Waals surface area contributed by atoms with Crippen LogP contribution in [0.3, 0.4) is 0 Å². The lowest BCUT2D eigenvalue weighted by Gasteiger charge is -2.22. The van der Waals surface area contributed by atoms with E-state index in [0.29, 0.717) is 46.8 Å². The van der Waals surface area contributed by atoms with Crippen molar-refractivity contribution in [2.45, 2.75) is 50.5 Å². The van der Waals surface area contributed by atoms with Crippen LogP contribution in [0.1, 0.15) is 66.3 Å².